The van der Waals surface area contributed by atoms with Gasteiger partial charge in [-0.15, -0.1) is 0 Å². The molecule has 0 unspecified atom stereocenters. The van der Waals surface area contributed by atoms with Crippen LogP contribution in [0.15, 0.2) is 10.8 Å². The smallest absolute Gasteiger partial charge is 0.0218 e. The fourth-order valence-electron chi connectivity index (χ4n) is 2.56. The zero-order valence-electron chi connectivity index (χ0n) is 10.5. The minimum atomic E-state index is 0.583. The molecule has 1 heterocycles. The van der Waals surface area contributed by atoms with Gasteiger partial charge in [0.2, 0.25) is 0 Å². The molecule has 0 radical (unpaired) electrons. The van der Waals surface area contributed by atoms with Crippen molar-refractivity contribution in [3.05, 3.63) is 21.9 Å². The van der Waals surface area contributed by atoms with Crippen LogP contribution in [0.25, 0.3) is 0 Å². The molecule has 1 fully saturated rings. The van der Waals surface area contributed by atoms with Crippen molar-refractivity contribution in [3.63, 3.8) is 0 Å². The van der Waals surface area contributed by atoms with Crippen LogP contribution in [0.2, 0.25) is 0 Å². The van der Waals surface area contributed by atoms with Crippen molar-refractivity contribution in [1.29, 1.82) is 0 Å². The number of rotatable bonds is 4. The minimum absolute atomic E-state index is 0.583. The van der Waals surface area contributed by atoms with Crippen molar-refractivity contribution >= 4 is 11.3 Å². The monoisotopic (exact) mass is 237 g/mol. The van der Waals surface area contributed by atoms with E-state index in [1.165, 1.54) is 32.1 Å². The minimum Gasteiger partial charge on any atom is -0.310 e. The maximum atomic E-state index is 3.53. The predicted octanol–water partition coefficient (Wildman–Crippen LogP) is 4.29. The van der Waals surface area contributed by atoms with Crippen LogP contribution in [0.4, 0.5) is 0 Å². The molecular weight excluding hydrogens is 214 g/mol. The van der Waals surface area contributed by atoms with Crippen LogP contribution in [-0.4, -0.2) is 6.04 Å². The molecule has 1 aliphatic rings. The van der Waals surface area contributed by atoms with Crippen LogP contribution in [0.3, 0.4) is 0 Å². The van der Waals surface area contributed by atoms with E-state index in [1.54, 1.807) is 11.1 Å². The summed E-state index contributed by atoms with van der Waals surface area (Å²) in [7, 11) is 0. The largest absolute Gasteiger partial charge is 0.310 e. The molecule has 1 saturated carbocycles. The zero-order valence-corrected chi connectivity index (χ0v) is 11.3. The summed E-state index contributed by atoms with van der Waals surface area (Å²) in [6.07, 6.45) is 7.12. The highest BCUT2D eigenvalue weighted by molar-refractivity contribution is 7.08. The fraction of sp³-hybridized carbons (Fsp3) is 0.714. The van der Waals surface area contributed by atoms with Crippen LogP contribution < -0.4 is 5.32 Å². The van der Waals surface area contributed by atoms with Crippen molar-refractivity contribution in [2.24, 2.45) is 0 Å². The third-order valence-corrected chi connectivity index (χ3v) is 4.33. The first-order chi connectivity index (χ1) is 7.77. The molecule has 0 spiro atoms. The van der Waals surface area contributed by atoms with Crippen molar-refractivity contribution in [3.8, 4) is 0 Å². The number of hydrogen-bond donors (Lipinski definition) is 1. The molecule has 16 heavy (non-hydrogen) atoms. The second kappa shape index (κ2) is 5.83. The van der Waals surface area contributed by atoms with Gasteiger partial charge in [-0.1, -0.05) is 33.1 Å². The van der Waals surface area contributed by atoms with Crippen LogP contribution in [0.1, 0.15) is 63.0 Å². The molecule has 2 heteroatoms. The van der Waals surface area contributed by atoms with Gasteiger partial charge in [0.05, 0.1) is 0 Å². The summed E-state index contributed by atoms with van der Waals surface area (Å²) >= 11 is 1.87. The lowest BCUT2D eigenvalue weighted by molar-refractivity contribution is 0.441. The van der Waals surface area contributed by atoms with Crippen LogP contribution in [0.5, 0.6) is 0 Å². The van der Waals surface area contributed by atoms with Gasteiger partial charge in [0.1, 0.15) is 0 Å². The van der Waals surface area contributed by atoms with E-state index < -0.39 is 0 Å². The van der Waals surface area contributed by atoms with Gasteiger partial charge >= 0.3 is 0 Å². The van der Waals surface area contributed by atoms with Crippen LogP contribution in [0, 0.1) is 0 Å². The molecule has 0 atom stereocenters. The average molecular weight is 237 g/mol. The van der Waals surface area contributed by atoms with Crippen molar-refractivity contribution in [2.45, 2.75) is 64.5 Å². The van der Waals surface area contributed by atoms with Gasteiger partial charge in [0.25, 0.3) is 0 Å². The quantitative estimate of drug-likeness (QED) is 0.823. The van der Waals surface area contributed by atoms with Gasteiger partial charge in [-0.05, 0) is 40.6 Å². The Bertz CT molecular complexity index is 310. The average Bonchev–Trinajstić information content (AvgIpc) is 2.75. The molecule has 0 amide bonds. The Morgan fingerprint density at radius 1 is 1.25 bits per heavy atom. The first kappa shape index (κ1) is 12.1. The SMILES string of the molecule is CC(C)NCc1cscc1C1CCCCC1. The Morgan fingerprint density at radius 3 is 2.69 bits per heavy atom. The Morgan fingerprint density at radius 2 is 2.00 bits per heavy atom. The van der Waals surface area contributed by atoms with Crippen LogP contribution >= 0.6 is 11.3 Å². The summed E-state index contributed by atoms with van der Waals surface area (Å²) in [6.45, 7) is 5.48. The van der Waals surface area contributed by atoms with E-state index in [-0.39, 0.29) is 0 Å². The molecule has 1 aromatic heterocycles. The Hall–Kier alpha value is -0.340. The molecule has 90 valence electrons. The predicted molar refractivity (Wildman–Crippen MR) is 72.1 cm³/mol. The Balaban J connectivity index is 2.00. The van der Waals surface area contributed by atoms with E-state index in [9.17, 15) is 0 Å². The van der Waals surface area contributed by atoms with E-state index >= 15 is 0 Å². The maximum Gasteiger partial charge on any atom is 0.0218 e. The molecular formula is C14H23NS. The van der Waals surface area contributed by atoms with Gasteiger partial charge < -0.3 is 5.32 Å². The third-order valence-electron chi connectivity index (χ3n) is 3.52. The van der Waals surface area contributed by atoms with Crippen molar-refractivity contribution < 1.29 is 0 Å². The molecule has 1 nitrogen and oxygen atoms in total. The lowest BCUT2D eigenvalue weighted by atomic mass is 9.84. The topological polar surface area (TPSA) is 12.0 Å². The molecule has 0 bridgehead atoms. The molecule has 1 aromatic rings. The number of thiophene rings is 1. The summed E-state index contributed by atoms with van der Waals surface area (Å²) in [5.74, 6) is 0.851. The molecule has 0 aromatic carbocycles. The second-order valence-corrected chi connectivity index (χ2v) is 5.97. The lowest BCUT2D eigenvalue weighted by Crippen LogP contribution is -2.22. The van der Waals surface area contributed by atoms with Gasteiger partial charge in [-0.3, -0.25) is 0 Å². The van der Waals surface area contributed by atoms with Gasteiger partial charge in [0, 0.05) is 12.6 Å². The fourth-order valence-corrected chi connectivity index (χ4v) is 3.51. The molecule has 0 saturated heterocycles. The summed E-state index contributed by atoms with van der Waals surface area (Å²) in [4.78, 5) is 0. The maximum absolute atomic E-state index is 3.53. The summed E-state index contributed by atoms with van der Waals surface area (Å²) in [5.41, 5.74) is 3.18. The van der Waals surface area contributed by atoms with E-state index in [0.717, 1.165) is 12.5 Å². The summed E-state index contributed by atoms with van der Waals surface area (Å²) < 4.78 is 0. The highest BCUT2D eigenvalue weighted by Crippen LogP contribution is 2.35. The Labute approximate surface area is 103 Å². The lowest BCUT2D eigenvalue weighted by Gasteiger charge is -2.22. The van der Waals surface area contributed by atoms with Crippen molar-refractivity contribution in [1.82, 2.24) is 5.32 Å². The van der Waals surface area contributed by atoms with E-state index in [4.69, 9.17) is 0 Å². The molecule has 0 aliphatic heterocycles. The van der Waals surface area contributed by atoms with Crippen LogP contribution in [-0.2, 0) is 6.54 Å². The highest BCUT2D eigenvalue weighted by atomic mass is 32.1. The standard InChI is InChI=1S/C14H23NS/c1-11(2)15-8-13-9-16-10-14(13)12-6-4-3-5-7-12/h9-12,15H,3-8H2,1-2H3. The first-order valence-electron chi connectivity index (χ1n) is 6.55. The number of hydrogen-bond acceptors (Lipinski definition) is 2. The second-order valence-electron chi connectivity index (χ2n) is 5.22. The van der Waals surface area contributed by atoms with Gasteiger partial charge in [-0.25, -0.2) is 0 Å². The van der Waals surface area contributed by atoms with Gasteiger partial charge in [-0.2, -0.15) is 11.3 Å². The molecule has 1 aliphatic carbocycles. The zero-order chi connectivity index (χ0) is 11.4. The van der Waals surface area contributed by atoms with E-state index in [1.807, 2.05) is 11.3 Å². The normalized spacial score (nSPS) is 18.2. The third kappa shape index (κ3) is 3.08. The van der Waals surface area contributed by atoms with Gasteiger partial charge in [0.15, 0.2) is 0 Å². The van der Waals surface area contributed by atoms with E-state index in [2.05, 4.69) is 29.9 Å². The first-order valence-corrected chi connectivity index (χ1v) is 7.50. The number of nitrogens with one attached hydrogen (secondary N) is 1. The summed E-state index contributed by atoms with van der Waals surface area (Å²) in [5, 5.41) is 8.25. The summed E-state index contributed by atoms with van der Waals surface area (Å²) in [6, 6.07) is 0.583. The molecule has 2 rings (SSSR count). The Kier molecular flexibility index (Phi) is 4.42. The highest BCUT2D eigenvalue weighted by Gasteiger charge is 2.18. The van der Waals surface area contributed by atoms with E-state index in [0.29, 0.717) is 6.04 Å². The molecule has 1 N–H and O–H groups in total. The van der Waals surface area contributed by atoms with Crippen molar-refractivity contribution in [2.75, 3.05) is 0 Å².